The SMILES string of the molecule is N#Cc1c(-c2cccc(F)c2)cc(-c2cccc(Br)c2)nc1N. The molecule has 0 spiro atoms. The van der Waals surface area contributed by atoms with Crippen molar-refractivity contribution in [3.05, 3.63) is 70.5 Å². The van der Waals surface area contributed by atoms with Gasteiger partial charge in [-0.05, 0) is 35.9 Å². The molecule has 3 rings (SSSR count). The van der Waals surface area contributed by atoms with Crippen molar-refractivity contribution < 1.29 is 4.39 Å². The van der Waals surface area contributed by atoms with Gasteiger partial charge in [0, 0.05) is 15.6 Å². The topological polar surface area (TPSA) is 62.7 Å². The second kappa shape index (κ2) is 6.19. The highest BCUT2D eigenvalue weighted by Crippen LogP contribution is 2.32. The van der Waals surface area contributed by atoms with Crippen molar-refractivity contribution >= 4 is 21.7 Å². The van der Waals surface area contributed by atoms with E-state index in [1.165, 1.54) is 12.1 Å². The first kappa shape index (κ1) is 15.2. The minimum absolute atomic E-state index is 0.129. The van der Waals surface area contributed by atoms with Gasteiger partial charge in [0.15, 0.2) is 0 Å². The summed E-state index contributed by atoms with van der Waals surface area (Å²) in [5.41, 5.74) is 8.82. The fourth-order valence-electron chi connectivity index (χ4n) is 2.36. The van der Waals surface area contributed by atoms with E-state index in [2.05, 4.69) is 27.0 Å². The van der Waals surface area contributed by atoms with Crippen molar-refractivity contribution in [1.29, 1.82) is 5.26 Å². The van der Waals surface area contributed by atoms with Crippen molar-refractivity contribution in [2.45, 2.75) is 0 Å². The number of anilines is 1. The summed E-state index contributed by atoms with van der Waals surface area (Å²) in [7, 11) is 0. The van der Waals surface area contributed by atoms with Crippen LogP contribution >= 0.6 is 15.9 Å². The van der Waals surface area contributed by atoms with E-state index in [1.54, 1.807) is 18.2 Å². The van der Waals surface area contributed by atoms with E-state index < -0.39 is 0 Å². The number of nitrogens with two attached hydrogens (primary N) is 1. The first-order valence-electron chi connectivity index (χ1n) is 6.81. The number of rotatable bonds is 2. The molecule has 3 nitrogen and oxygen atoms in total. The molecule has 112 valence electrons. The quantitative estimate of drug-likeness (QED) is 0.709. The van der Waals surface area contributed by atoms with Gasteiger partial charge in [-0.3, -0.25) is 0 Å². The molecular weight excluding hydrogens is 357 g/mol. The maximum atomic E-state index is 13.5. The third kappa shape index (κ3) is 3.08. The molecule has 2 N–H and O–H groups in total. The Kier molecular flexibility index (Phi) is 4.09. The first-order valence-corrected chi connectivity index (χ1v) is 7.60. The minimum atomic E-state index is -0.370. The third-order valence-corrected chi connectivity index (χ3v) is 3.91. The number of pyridine rings is 1. The summed E-state index contributed by atoms with van der Waals surface area (Å²) in [6, 6.07) is 17.5. The summed E-state index contributed by atoms with van der Waals surface area (Å²) in [6.07, 6.45) is 0. The van der Waals surface area contributed by atoms with E-state index in [0.29, 0.717) is 16.8 Å². The lowest BCUT2D eigenvalue weighted by Crippen LogP contribution is -2.00. The van der Waals surface area contributed by atoms with Crippen molar-refractivity contribution in [3.8, 4) is 28.5 Å². The van der Waals surface area contributed by atoms with Gasteiger partial charge in [-0.2, -0.15) is 5.26 Å². The van der Waals surface area contributed by atoms with Gasteiger partial charge in [0.1, 0.15) is 23.3 Å². The number of hydrogen-bond acceptors (Lipinski definition) is 3. The highest BCUT2D eigenvalue weighted by Gasteiger charge is 2.14. The average Bonchev–Trinajstić information content (AvgIpc) is 2.54. The van der Waals surface area contributed by atoms with Crippen LogP contribution in [0.2, 0.25) is 0 Å². The highest BCUT2D eigenvalue weighted by atomic mass is 79.9. The predicted octanol–water partition coefficient (Wildman–Crippen LogP) is 4.77. The van der Waals surface area contributed by atoms with Crippen molar-refractivity contribution in [2.75, 3.05) is 5.73 Å². The molecule has 2 aromatic carbocycles. The van der Waals surface area contributed by atoms with Gasteiger partial charge in [-0.25, -0.2) is 9.37 Å². The number of halogens is 2. The molecule has 1 heterocycles. The van der Waals surface area contributed by atoms with Crippen LogP contribution in [0.1, 0.15) is 5.56 Å². The average molecular weight is 368 g/mol. The maximum Gasteiger partial charge on any atom is 0.142 e. The zero-order valence-corrected chi connectivity index (χ0v) is 13.5. The number of nitriles is 1. The lowest BCUT2D eigenvalue weighted by molar-refractivity contribution is 0.628. The highest BCUT2D eigenvalue weighted by molar-refractivity contribution is 9.10. The zero-order valence-electron chi connectivity index (χ0n) is 11.9. The fourth-order valence-corrected chi connectivity index (χ4v) is 2.76. The summed E-state index contributed by atoms with van der Waals surface area (Å²) in [5.74, 6) is -0.241. The first-order chi connectivity index (χ1) is 11.1. The predicted molar refractivity (Wildman–Crippen MR) is 91.9 cm³/mol. The van der Waals surface area contributed by atoms with Crippen LogP contribution in [0.5, 0.6) is 0 Å². The van der Waals surface area contributed by atoms with Crippen LogP contribution in [-0.2, 0) is 0 Å². The second-order valence-corrected chi connectivity index (χ2v) is 5.86. The summed E-state index contributed by atoms with van der Waals surface area (Å²) < 4.78 is 14.4. The number of nitrogen functional groups attached to an aromatic ring is 1. The minimum Gasteiger partial charge on any atom is -0.383 e. The summed E-state index contributed by atoms with van der Waals surface area (Å²) in [4.78, 5) is 4.30. The van der Waals surface area contributed by atoms with E-state index >= 15 is 0 Å². The summed E-state index contributed by atoms with van der Waals surface area (Å²) >= 11 is 3.42. The van der Waals surface area contributed by atoms with Crippen molar-refractivity contribution in [1.82, 2.24) is 4.98 Å². The standard InChI is InChI=1S/C18H11BrFN3/c19-13-5-1-4-12(7-13)17-9-15(16(10-21)18(22)23-17)11-3-2-6-14(20)8-11/h1-9H,(H2,22,23). The van der Waals surface area contributed by atoms with E-state index in [1.807, 2.05) is 24.3 Å². The Labute approximate surface area is 141 Å². The summed E-state index contributed by atoms with van der Waals surface area (Å²) in [6.45, 7) is 0. The van der Waals surface area contributed by atoms with Crippen LogP contribution in [-0.4, -0.2) is 4.98 Å². The molecule has 0 aliphatic heterocycles. The Morgan fingerprint density at radius 3 is 2.48 bits per heavy atom. The van der Waals surface area contributed by atoms with E-state index in [9.17, 15) is 9.65 Å². The van der Waals surface area contributed by atoms with Gasteiger partial charge in [0.2, 0.25) is 0 Å². The van der Waals surface area contributed by atoms with Gasteiger partial charge in [0.05, 0.1) is 5.69 Å². The Bertz CT molecular complexity index is 932. The third-order valence-electron chi connectivity index (χ3n) is 3.42. The molecule has 5 heteroatoms. The lowest BCUT2D eigenvalue weighted by atomic mass is 9.98. The Balaban J connectivity index is 2.25. The van der Waals surface area contributed by atoms with Crippen LogP contribution in [0, 0.1) is 17.1 Å². The molecule has 0 aliphatic rings. The molecule has 0 fully saturated rings. The Morgan fingerprint density at radius 2 is 1.78 bits per heavy atom. The lowest BCUT2D eigenvalue weighted by Gasteiger charge is -2.10. The van der Waals surface area contributed by atoms with Gasteiger partial charge < -0.3 is 5.73 Å². The van der Waals surface area contributed by atoms with Gasteiger partial charge in [-0.1, -0.05) is 40.2 Å². The second-order valence-electron chi connectivity index (χ2n) is 4.95. The molecule has 0 atom stereocenters. The molecule has 0 bridgehead atoms. The van der Waals surface area contributed by atoms with Crippen LogP contribution < -0.4 is 5.73 Å². The fraction of sp³-hybridized carbons (Fsp3) is 0. The number of aromatic nitrogens is 1. The Hall–Kier alpha value is -2.71. The van der Waals surface area contributed by atoms with E-state index in [4.69, 9.17) is 5.73 Å². The molecule has 0 aliphatic carbocycles. The number of nitrogens with zero attached hydrogens (tertiary/aromatic N) is 2. The molecule has 0 saturated carbocycles. The van der Waals surface area contributed by atoms with Crippen LogP contribution in [0.4, 0.5) is 10.2 Å². The Morgan fingerprint density at radius 1 is 1.04 bits per heavy atom. The smallest absolute Gasteiger partial charge is 0.142 e. The largest absolute Gasteiger partial charge is 0.383 e. The molecule has 23 heavy (non-hydrogen) atoms. The van der Waals surface area contributed by atoms with E-state index in [-0.39, 0.29) is 17.2 Å². The summed E-state index contributed by atoms with van der Waals surface area (Å²) in [5, 5.41) is 9.36. The monoisotopic (exact) mass is 367 g/mol. The van der Waals surface area contributed by atoms with Crippen LogP contribution in [0.15, 0.2) is 59.1 Å². The molecule has 3 aromatic rings. The maximum absolute atomic E-state index is 13.5. The molecule has 0 amide bonds. The molecule has 0 unspecified atom stereocenters. The van der Waals surface area contributed by atoms with Gasteiger partial charge in [-0.15, -0.1) is 0 Å². The zero-order chi connectivity index (χ0) is 16.4. The van der Waals surface area contributed by atoms with Gasteiger partial charge in [0.25, 0.3) is 0 Å². The molecule has 0 saturated heterocycles. The number of hydrogen-bond donors (Lipinski definition) is 1. The van der Waals surface area contributed by atoms with Gasteiger partial charge >= 0.3 is 0 Å². The van der Waals surface area contributed by atoms with E-state index in [0.717, 1.165) is 10.0 Å². The molecule has 0 radical (unpaired) electrons. The normalized spacial score (nSPS) is 10.3. The number of benzene rings is 2. The molecule has 1 aromatic heterocycles. The van der Waals surface area contributed by atoms with Crippen LogP contribution in [0.3, 0.4) is 0 Å². The van der Waals surface area contributed by atoms with Crippen molar-refractivity contribution in [3.63, 3.8) is 0 Å². The van der Waals surface area contributed by atoms with Crippen LogP contribution in [0.25, 0.3) is 22.4 Å². The molecular formula is C18H11BrFN3. The van der Waals surface area contributed by atoms with Crippen molar-refractivity contribution in [2.24, 2.45) is 0 Å².